The third-order valence-corrected chi connectivity index (χ3v) is 4.69. The van der Waals surface area contributed by atoms with Crippen molar-refractivity contribution in [1.82, 2.24) is 15.1 Å². The van der Waals surface area contributed by atoms with E-state index in [9.17, 15) is 13.6 Å². The van der Waals surface area contributed by atoms with Gasteiger partial charge in [-0.1, -0.05) is 34.7 Å². The number of hydrogen-bond donors (Lipinski definition) is 1. The van der Waals surface area contributed by atoms with Crippen molar-refractivity contribution >= 4 is 23.2 Å². The average molecular weight is 449 g/mol. The van der Waals surface area contributed by atoms with Gasteiger partial charge in [0.05, 0.1) is 17.1 Å². The Morgan fingerprint density at radius 2 is 2.13 bits per heavy atom. The number of halogens is 3. The first-order valence-electron chi connectivity index (χ1n) is 9.88. The van der Waals surface area contributed by atoms with Crippen LogP contribution in [-0.4, -0.2) is 34.0 Å². The molecule has 1 N–H and O–H groups in total. The second-order valence-corrected chi connectivity index (χ2v) is 7.92. The van der Waals surface area contributed by atoms with Crippen molar-refractivity contribution in [3.05, 3.63) is 51.8 Å². The van der Waals surface area contributed by atoms with Gasteiger partial charge in [0.25, 0.3) is 12.3 Å². The van der Waals surface area contributed by atoms with Gasteiger partial charge in [-0.3, -0.25) is 9.48 Å². The topological polar surface area (TPSA) is 68.5 Å². The first kappa shape index (κ1) is 22.8. The van der Waals surface area contributed by atoms with Gasteiger partial charge < -0.3 is 10.2 Å². The molecule has 0 aliphatic heterocycles. The second kappa shape index (κ2) is 9.92. The van der Waals surface area contributed by atoms with Gasteiger partial charge in [-0.15, -0.1) is 0 Å². The summed E-state index contributed by atoms with van der Waals surface area (Å²) in [7, 11) is 1.47. The number of oxime groups is 1. The first-order valence-corrected chi connectivity index (χ1v) is 10.3. The molecule has 0 unspecified atom stereocenters. The minimum Gasteiger partial charge on any atom is -0.393 e. The van der Waals surface area contributed by atoms with Gasteiger partial charge >= 0.3 is 0 Å². The molecule has 0 saturated heterocycles. The number of hydrogen-bond acceptors (Lipinski definition) is 4. The molecule has 1 fully saturated rings. The van der Waals surface area contributed by atoms with Crippen molar-refractivity contribution in [3.63, 3.8) is 0 Å². The maximum Gasteiger partial charge on any atom is 0.282 e. The van der Waals surface area contributed by atoms with E-state index in [1.165, 1.54) is 17.9 Å². The molecule has 3 rings (SSSR count). The van der Waals surface area contributed by atoms with Crippen molar-refractivity contribution in [1.29, 1.82) is 0 Å². The minimum absolute atomic E-state index is 0.0735. The van der Waals surface area contributed by atoms with E-state index in [-0.39, 0.29) is 18.2 Å². The molecule has 0 atom stereocenters. The minimum atomic E-state index is -2.86. The second-order valence-electron chi connectivity index (χ2n) is 7.52. The molecule has 31 heavy (non-hydrogen) atoms. The summed E-state index contributed by atoms with van der Waals surface area (Å²) < 4.78 is 27.5. The van der Waals surface area contributed by atoms with E-state index in [1.54, 1.807) is 12.1 Å². The van der Waals surface area contributed by atoms with E-state index in [1.807, 2.05) is 19.9 Å². The normalized spacial score (nSPS) is 13.9. The van der Waals surface area contributed by atoms with Gasteiger partial charge in [0, 0.05) is 30.3 Å². The fourth-order valence-corrected chi connectivity index (χ4v) is 2.98. The van der Waals surface area contributed by atoms with Crippen LogP contribution in [0.15, 0.2) is 29.6 Å². The highest BCUT2D eigenvalue weighted by atomic mass is 35.5. The Kier molecular flexibility index (Phi) is 7.29. The van der Waals surface area contributed by atoms with Gasteiger partial charge in [-0.25, -0.2) is 8.78 Å². The fourth-order valence-electron chi connectivity index (χ4n) is 2.69. The molecule has 1 aromatic carbocycles. The number of carbonyl (C=O) groups is 1. The molecule has 6 nitrogen and oxygen atoms in total. The Morgan fingerprint density at radius 3 is 2.74 bits per heavy atom. The molecule has 0 bridgehead atoms. The zero-order valence-electron chi connectivity index (χ0n) is 17.5. The van der Waals surface area contributed by atoms with Crippen LogP contribution in [0.3, 0.4) is 0 Å². The first-order chi connectivity index (χ1) is 14.7. The molecule has 1 saturated carbocycles. The van der Waals surface area contributed by atoms with Crippen LogP contribution in [0.4, 0.5) is 8.78 Å². The Morgan fingerprint density at radius 1 is 1.39 bits per heavy atom. The lowest BCUT2D eigenvalue weighted by atomic mass is 10.1. The third kappa shape index (κ3) is 6.28. The molecule has 2 aromatic rings. The molecular weight excluding hydrogens is 426 g/mol. The number of nitrogens with zero attached hydrogens (tertiary/aromatic N) is 3. The zero-order chi connectivity index (χ0) is 22.5. The van der Waals surface area contributed by atoms with Crippen molar-refractivity contribution in [2.24, 2.45) is 18.1 Å². The van der Waals surface area contributed by atoms with Crippen LogP contribution in [0.1, 0.15) is 60.3 Å². The lowest BCUT2D eigenvalue weighted by molar-refractivity contribution is 0.0854. The van der Waals surface area contributed by atoms with Gasteiger partial charge in [-0.2, -0.15) is 5.10 Å². The Balaban J connectivity index is 1.79. The van der Waals surface area contributed by atoms with Crippen molar-refractivity contribution in [3.8, 4) is 11.8 Å². The molecule has 9 heteroatoms. The van der Waals surface area contributed by atoms with Gasteiger partial charge in [0.1, 0.15) is 17.5 Å². The Hall–Kier alpha value is -2.92. The van der Waals surface area contributed by atoms with Crippen molar-refractivity contribution in [2.75, 3.05) is 6.54 Å². The van der Waals surface area contributed by atoms with E-state index in [2.05, 4.69) is 27.4 Å². The van der Waals surface area contributed by atoms with Crippen LogP contribution in [0.25, 0.3) is 0 Å². The summed E-state index contributed by atoms with van der Waals surface area (Å²) in [6, 6.07) is 5.30. The van der Waals surface area contributed by atoms with Gasteiger partial charge in [-0.05, 0) is 38.8 Å². The number of carbonyl (C=O) groups excluding carboxylic acids is 1. The van der Waals surface area contributed by atoms with Crippen LogP contribution < -0.4 is 5.32 Å². The standard InChI is InChI=1S/C22H23ClF2N4O2/c1-13(2)31-28-19(11-26-22(30)17-12-29(3)27-20(17)21(24)25)16-9-8-15(10-18(16)23)7-6-14-4-5-14/h8-10,12-14,21H,4-5,11H2,1-3H3,(H,26,30)/b28-19+. The highest BCUT2D eigenvalue weighted by Gasteiger charge is 2.23. The molecule has 0 spiro atoms. The predicted octanol–water partition coefficient (Wildman–Crippen LogP) is 4.33. The van der Waals surface area contributed by atoms with E-state index >= 15 is 0 Å². The quantitative estimate of drug-likeness (QED) is 0.389. The van der Waals surface area contributed by atoms with E-state index < -0.39 is 18.0 Å². The Labute approximate surface area is 184 Å². The van der Waals surface area contributed by atoms with E-state index in [4.69, 9.17) is 16.4 Å². The summed E-state index contributed by atoms with van der Waals surface area (Å²) in [6.07, 6.45) is 0.450. The van der Waals surface area contributed by atoms with E-state index in [0.717, 1.165) is 18.4 Å². The summed E-state index contributed by atoms with van der Waals surface area (Å²) in [5.41, 5.74) is 0.925. The van der Waals surface area contributed by atoms with Crippen LogP contribution in [0, 0.1) is 17.8 Å². The number of aromatic nitrogens is 2. The molecule has 1 amide bonds. The highest BCUT2D eigenvalue weighted by molar-refractivity contribution is 6.34. The number of alkyl halides is 2. The largest absolute Gasteiger partial charge is 0.393 e. The van der Waals surface area contributed by atoms with Crippen LogP contribution in [0.2, 0.25) is 5.02 Å². The number of rotatable bonds is 7. The summed E-state index contributed by atoms with van der Waals surface area (Å²) in [4.78, 5) is 17.9. The Bertz CT molecular complexity index is 1050. The van der Waals surface area contributed by atoms with Crippen LogP contribution >= 0.6 is 11.6 Å². The van der Waals surface area contributed by atoms with Gasteiger partial charge in [0.2, 0.25) is 0 Å². The number of benzene rings is 1. The summed E-state index contributed by atoms with van der Waals surface area (Å²) in [6.45, 7) is 3.54. The van der Waals surface area contributed by atoms with Crippen molar-refractivity contribution < 1.29 is 18.4 Å². The predicted molar refractivity (Wildman–Crippen MR) is 114 cm³/mol. The monoisotopic (exact) mass is 448 g/mol. The van der Waals surface area contributed by atoms with Crippen molar-refractivity contribution in [2.45, 2.75) is 39.2 Å². The molecule has 164 valence electrons. The maximum atomic E-state index is 13.2. The summed E-state index contributed by atoms with van der Waals surface area (Å²) in [5.74, 6) is 6.05. The molecule has 1 aliphatic carbocycles. The van der Waals surface area contributed by atoms with E-state index in [0.29, 0.717) is 22.2 Å². The average Bonchev–Trinajstić information content (AvgIpc) is 3.46. The summed E-state index contributed by atoms with van der Waals surface area (Å²) in [5, 5.41) is 10.8. The van der Waals surface area contributed by atoms with Crippen LogP contribution in [0.5, 0.6) is 0 Å². The van der Waals surface area contributed by atoms with Crippen LogP contribution in [-0.2, 0) is 11.9 Å². The zero-order valence-corrected chi connectivity index (χ0v) is 18.2. The lowest BCUT2D eigenvalue weighted by Gasteiger charge is -2.12. The van der Waals surface area contributed by atoms with Gasteiger partial charge in [0.15, 0.2) is 0 Å². The SMILES string of the molecule is CC(C)O/N=C(\CNC(=O)c1cn(C)nc1C(F)F)c1ccc(C#CC2CC2)cc1Cl. The molecular formula is C22H23ClF2N4O2. The third-order valence-electron chi connectivity index (χ3n) is 4.38. The molecule has 0 radical (unpaired) electrons. The fraction of sp³-hybridized carbons (Fsp3) is 0.409. The lowest BCUT2D eigenvalue weighted by Crippen LogP contribution is -2.31. The highest BCUT2D eigenvalue weighted by Crippen LogP contribution is 2.28. The molecule has 1 heterocycles. The number of aryl methyl sites for hydroxylation is 1. The number of nitrogens with one attached hydrogen (secondary N) is 1. The summed E-state index contributed by atoms with van der Waals surface area (Å²) >= 11 is 6.44. The molecule has 1 aromatic heterocycles. The molecule has 1 aliphatic rings. The maximum absolute atomic E-state index is 13.2. The smallest absolute Gasteiger partial charge is 0.282 e. The number of amides is 1.